The van der Waals surface area contributed by atoms with Crippen LogP contribution in [-0.2, 0) is 5.41 Å². The lowest BCUT2D eigenvalue weighted by Gasteiger charge is -2.34. The van der Waals surface area contributed by atoms with E-state index in [2.05, 4.69) is 180 Å². The number of benzene rings is 8. The van der Waals surface area contributed by atoms with E-state index in [1.807, 2.05) is 24.3 Å². The number of anilines is 6. The molecule has 1 atom stereocenters. The Morgan fingerprint density at radius 2 is 0.865 bits per heavy atom. The fraction of sp³-hybridized carbons (Fsp3) is 0.0204. The Morgan fingerprint density at radius 1 is 0.365 bits per heavy atom. The first-order valence-electron chi connectivity index (χ1n) is 17.9. The Balaban J connectivity index is 1.16. The van der Waals surface area contributed by atoms with Crippen molar-refractivity contribution in [2.24, 2.45) is 0 Å². The number of rotatable bonds is 4. The normalized spacial score (nSPS) is 15.5. The second-order valence-corrected chi connectivity index (χ2v) is 13.7. The van der Waals surface area contributed by atoms with Crippen molar-refractivity contribution in [1.82, 2.24) is 0 Å². The van der Waals surface area contributed by atoms with E-state index in [1.54, 1.807) is 0 Å². The molecule has 52 heavy (non-hydrogen) atoms. The van der Waals surface area contributed by atoms with Gasteiger partial charge in [0.1, 0.15) is 0 Å². The van der Waals surface area contributed by atoms with Crippen molar-refractivity contribution >= 4 is 34.1 Å². The first-order chi connectivity index (χ1) is 25.8. The topological polar surface area (TPSA) is 15.7 Å². The molecular formula is C49H32N2O. The van der Waals surface area contributed by atoms with E-state index in [-0.39, 0.29) is 0 Å². The number of nitrogens with zero attached hydrogens (tertiary/aromatic N) is 2. The SMILES string of the molecule is c1ccc(N(c2ccccc2)c2ccc3c(c2)C2(c4ccccc4-c4cc(N5c6ccccc6Oc6ccccc65)ccc42)c2ccccc2-3)cc1. The van der Waals surface area contributed by atoms with Gasteiger partial charge in [-0.05, 0) is 117 Å². The molecule has 11 rings (SSSR count). The molecule has 0 amide bonds. The summed E-state index contributed by atoms with van der Waals surface area (Å²) in [5.74, 6) is 1.71. The van der Waals surface area contributed by atoms with Crippen molar-refractivity contribution in [3.8, 4) is 33.8 Å². The summed E-state index contributed by atoms with van der Waals surface area (Å²) in [6, 6.07) is 70.2. The quantitative estimate of drug-likeness (QED) is 0.186. The molecule has 0 radical (unpaired) electrons. The Hall–Kier alpha value is -6.84. The minimum absolute atomic E-state index is 0.480. The van der Waals surface area contributed by atoms with Gasteiger partial charge in [-0.15, -0.1) is 0 Å². The summed E-state index contributed by atoms with van der Waals surface area (Å²) in [6.07, 6.45) is 0. The fourth-order valence-electron chi connectivity index (χ4n) is 8.98. The molecule has 8 aromatic carbocycles. The molecule has 1 spiro atoms. The van der Waals surface area contributed by atoms with Crippen LogP contribution in [0.3, 0.4) is 0 Å². The fourth-order valence-corrected chi connectivity index (χ4v) is 8.98. The molecule has 8 aromatic rings. The lowest BCUT2D eigenvalue weighted by molar-refractivity contribution is 0.477. The highest BCUT2D eigenvalue weighted by molar-refractivity contribution is 5.98. The molecule has 3 aliphatic rings. The maximum atomic E-state index is 6.38. The van der Waals surface area contributed by atoms with Crippen molar-refractivity contribution in [3.63, 3.8) is 0 Å². The molecule has 0 saturated carbocycles. The first-order valence-corrected chi connectivity index (χ1v) is 17.9. The van der Waals surface area contributed by atoms with Crippen LogP contribution in [0.1, 0.15) is 22.3 Å². The van der Waals surface area contributed by atoms with Gasteiger partial charge in [-0.3, -0.25) is 0 Å². The molecule has 2 aliphatic carbocycles. The summed E-state index contributed by atoms with van der Waals surface area (Å²) in [4.78, 5) is 4.71. The van der Waals surface area contributed by atoms with Gasteiger partial charge in [0.15, 0.2) is 11.5 Å². The van der Waals surface area contributed by atoms with Crippen LogP contribution in [0, 0.1) is 0 Å². The van der Waals surface area contributed by atoms with E-state index >= 15 is 0 Å². The summed E-state index contributed by atoms with van der Waals surface area (Å²) in [5, 5.41) is 0. The van der Waals surface area contributed by atoms with Crippen molar-refractivity contribution in [1.29, 1.82) is 0 Å². The van der Waals surface area contributed by atoms with Gasteiger partial charge in [0.05, 0.1) is 16.8 Å². The molecule has 1 aliphatic heterocycles. The lowest BCUT2D eigenvalue weighted by Crippen LogP contribution is -2.26. The molecule has 0 fully saturated rings. The third kappa shape index (κ3) is 3.96. The molecule has 0 bridgehead atoms. The maximum Gasteiger partial charge on any atom is 0.151 e. The minimum Gasteiger partial charge on any atom is -0.453 e. The monoisotopic (exact) mass is 664 g/mol. The Morgan fingerprint density at radius 3 is 1.50 bits per heavy atom. The van der Waals surface area contributed by atoms with E-state index in [1.165, 1.54) is 44.5 Å². The number of hydrogen-bond donors (Lipinski definition) is 0. The van der Waals surface area contributed by atoms with Gasteiger partial charge in [-0.1, -0.05) is 121 Å². The summed E-state index contributed by atoms with van der Waals surface area (Å²) >= 11 is 0. The van der Waals surface area contributed by atoms with Gasteiger partial charge < -0.3 is 14.5 Å². The molecule has 0 N–H and O–H groups in total. The average molecular weight is 665 g/mol. The highest BCUT2D eigenvalue weighted by Crippen LogP contribution is 2.64. The molecule has 1 unspecified atom stereocenters. The smallest absolute Gasteiger partial charge is 0.151 e. The number of ether oxygens (including phenoxy) is 1. The average Bonchev–Trinajstić information content (AvgIpc) is 3.67. The minimum atomic E-state index is -0.480. The molecule has 0 aromatic heterocycles. The molecule has 0 saturated heterocycles. The van der Waals surface area contributed by atoms with Crippen LogP contribution in [0.2, 0.25) is 0 Å². The molecule has 244 valence electrons. The van der Waals surface area contributed by atoms with Crippen LogP contribution in [0.4, 0.5) is 34.1 Å². The van der Waals surface area contributed by atoms with E-state index in [4.69, 9.17) is 4.74 Å². The van der Waals surface area contributed by atoms with Crippen LogP contribution in [0.15, 0.2) is 194 Å². The molecule has 3 heteroatoms. The van der Waals surface area contributed by atoms with E-state index in [9.17, 15) is 0 Å². The molecule has 3 nitrogen and oxygen atoms in total. The zero-order valence-corrected chi connectivity index (χ0v) is 28.3. The highest BCUT2D eigenvalue weighted by Gasteiger charge is 2.52. The second-order valence-electron chi connectivity index (χ2n) is 13.7. The van der Waals surface area contributed by atoms with E-state index < -0.39 is 5.41 Å². The van der Waals surface area contributed by atoms with Crippen LogP contribution < -0.4 is 14.5 Å². The number of para-hydroxylation sites is 6. The zero-order valence-electron chi connectivity index (χ0n) is 28.3. The van der Waals surface area contributed by atoms with Gasteiger partial charge in [0.2, 0.25) is 0 Å². The predicted molar refractivity (Wildman–Crippen MR) is 212 cm³/mol. The number of fused-ring (bicyclic) bond motifs is 12. The van der Waals surface area contributed by atoms with Crippen molar-refractivity contribution in [2.75, 3.05) is 9.80 Å². The Labute approximate surface area is 303 Å². The van der Waals surface area contributed by atoms with Gasteiger partial charge in [0.25, 0.3) is 0 Å². The third-order valence-electron chi connectivity index (χ3n) is 11.0. The summed E-state index contributed by atoms with van der Waals surface area (Å²) in [5.41, 5.74) is 16.4. The third-order valence-corrected chi connectivity index (χ3v) is 11.0. The van der Waals surface area contributed by atoms with Crippen LogP contribution in [-0.4, -0.2) is 0 Å². The number of hydrogen-bond acceptors (Lipinski definition) is 3. The van der Waals surface area contributed by atoms with Crippen molar-refractivity contribution in [2.45, 2.75) is 5.41 Å². The van der Waals surface area contributed by atoms with Crippen molar-refractivity contribution < 1.29 is 4.74 Å². The molecule has 1 heterocycles. The summed E-state index contributed by atoms with van der Waals surface area (Å²) < 4.78 is 6.38. The first kappa shape index (κ1) is 28.9. The van der Waals surface area contributed by atoms with E-state index in [0.717, 1.165) is 45.6 Å². The highest BCUT2D eigenvalue weighted by atomic mass is 16.5. The van der Waals surface area contributed by atoms with Gasteiger partial charge >= 0.3 is 0 Å². The van der Waals surface area contributed by atoms with Crippen molar-refractivity contribution in [3.05, 3.63) is 216 Å². The molecular weight excluding hydrogens is 633 g/mol. The van der Waals surface area contributed by atoms with Crippen LogP contribution in [0.5, 0.6) is 11.5 Å². The van der Waals surface area contributed by atoms with Crippen LogP contribution in [0.25, 0.3) is 22.3 Å². The predicted octanol–water partition coefficient (Wildman–Crippen LogP) is 13.1. The zero-order chi connectivity index (χ0) is 34.2. The summed E-state index contributed by atoms with van der Waals surface area (Å²) in [7, 11) is 0. The largest absolute Gasteiger partial charge is 0.453 e. The Kier molecular flexibility index (Phi) is 6.17. The lowest BCUT2D eigenvalue weighted by atomic mass is 9.70. The van der Waals surface area contributed by atoms with Gasteiger partial charge in [-0.25, -0.2) is 0 Å². The van der Waals surface area contributed by atoms with E-state index in [0.29, 0.717) is 0 Å². The second kappa shape index (κ2) is 11.1. The van der Waals surface area contributed by atoms with Gasteiger partial charge in [-0.2, -0.15) is 0 Å². The maximum absolute atomic E-state index is 6.38. The summed E-state index contributed by atoms with van der Waals surface area (Å²) in [6.45, 7) is 0. The Bertz CT molecular complexity index is 2600. The standard InChI is InChI=1S/C49H32N2O/c1-3-15-33(16-4-1)50(34-17-5-2-6-18-34)36-27-29-39-37-19-7-9-21-41(37)49(44(39)32-36)42-22-10-8-20-38(42)40-31-35(28-30-43(40)49)51-45-23-11-13-25-47(45)52-48-26-14-12-24-46(48)51/h1-32H. The van der Waals surface area contributed by atoms with Crippen LogP contribution >= 0.6 is 0 Å². The van der Waals surface area contributed by atoms with Gasteiger partial charge in [0, 0.05) is 22.7 Å².